The molecule has 1 unspecified atom stereocenters. The Morgan fingerprint density at radius 3 is 0.793 bits per heavy atom. The minimum absolute atomic E-state index is 0.0858. The highest BCUT2D eigenvalue weighted by atomic mass is 16.6. The van der Waals surface area contributed by atoms with Gasteiger partial charge in [0.25, 0.3) is 0 Å². The second-order valence-corrected chi connectivity index (χ2v) is 23.4. The molecular formula is C76H132O6. The summed E-state index contributed by atoms with van der Waals surface area (Å²) in [6.45, 7) is 6.51. The summed E-state index contributed by atoms with van der Waals surface area (Å²) < 4.78 is 16.9. The van der Waals surface area contributed by atoms with Crippen molar-refractivity contribution < 1.29 is 28.6 Å². The summed E-state index contributed by atoms with van der Waals surface area (Å²) in [6.07, 6.45) is 94.4. The number of allylic oxidation sites excluding steroid dienone is 16. The van der Waals surface area contributed by atoms with Crippen LogP contribution in [0.15, 0.2) is 97.2 Å². The number of carbonyl (C=O) groups is 3. The fraction of sp³-hybridized carbons (Fsp3) is 0.750. The molecule has 0 bridgehead atoms. The van der Waals surface area contributed by atoms with Crippen molar-refractivity contribution in [1.82, 2.24) is 0 Å². The molecule has 0 saturated carbocycles. The molecule has 0 aliphatic heterocycles. The molecule has 0 amide bonds. The number of esters is 3. The van der Waals surface area contributed by atoms with Gasteiger partial charge in [0, 0.05) is 19.3 Å². The van der Waals surface area contributed by atoms with Crippen molar-refractivity contribution >= 4 is 17.9 Å². The lowest BCUT2D eigenvalue weighted by Crippen LogP contribution is -2.30. The van der Waals surface area contributed by atoms with Crippen molar-refractivity contribution in [3.05, 3.63) is 97.2 Å². The Balaban J connectivity index is 4.27. The fourth-order valence-electron chi connectivity index (χ4n) is 10.1. The Morgan fingerprint density at radius 1 is 0.256 bits per heavy atom. The molecule has 82 heavy (non-hydrogen) atoms. The molecule has 0 fully saturated rings. The minimum atomic E-state index is -0.790. The van der Waals surface area contributed by atoms with Gasteiger partial charge in [-0.05, 0) is 96.3 Å². The first-order valence-corrected chi connectivity index (χ1v) is 35.2. The summed E-state index contributed by atoms with van der Waals surface area (Å²) >= 11 is 0. The Bertz CT molecular complexity index is 1590. The van der Waals surface area contributed by atoms with Gasteiger partial charge in [-0.1, -0.05) is 330 Å². The summed E-state index contributed by atoms with van der Waals surface area (Å²) in [5.74, 6) is -0.899. The molecule has 1 atom stereocenters. The molecule has 6 heteroatoms. The summed E-state index contributed by atoms with van der Waals surface area (Å²) in [6, 6.07) is 0. The van der Waals surface area contributed by atoms with Crippen LogP contribution in [0.5, 0.6) is 0 Å². The standard InChI is InChI=1S/C76H132O6/c1-4-7-10-13-16-19-22-24-26-28-30-32-34-36-38-40-41-43-45-47-49-51-54-57-60-63-66-69-75(78)81-72-73(71-80-74(77)68-65-62-59-56-53-21-18-15-12-9-6-3)82-76(79)70-67-64-61-58-55-52-50-48-46-44-42-39-37-35-33-31-29-27-25-23-20-17-14-11-8-5-2/h7,10,15-16,18-19,24,26,30,32,36,38,41,43,47,49,73H,4-6,8-9,11-14,17,20-23,25,27-29,31,33-35,37,39-40,42,44-46,48,50-72H2,1-3H3/b10-7-,18-15-,19-16-,26-24-,32-30-,38-36-,43-41-,49-47-. The van der Waals surface area contributed by atoms with Gasteiger partial charge in [-0.15, -0.1) is 0 Å². The molecular weight excluding hydrogens is 1010 g/mol. The zero-order valence-electron chi connectivity index (χ0n) is 54.2. The maximum Gasteiger partial charge on any atom is 0.306 e. The van der Waals surface area contributed by atoms with Crippen molar-refractivity contribution in [2.24, 2.45) is 0 Å². The molecule has 472 valence electrons. The Kier molecular flexibility index (Phi) is 66.7. The van der Waals surface area contributed by atoms with Crippen LogP contribution in [0.4, 0.5) is 0 Å². The van der Waals surface area contributed by atoms with E-state index in [2.05, 4.69) is 118 Å². The second kappa shape index (κ2) is 69.8. The molecule has 0 spiro atoms. The first-order valence-electron chi connectivity index (χ1n) is 35.2. The monoisotopic (exact) mass is 1140 g/mol. The number of hydrogen-bond acceptors (Lipinski definition) is 6. The third kappa shape index (κ3) is 67.1. The zero-order chi connectivity index (χ0) is 59.2. The Labute approximate surface area is 508 Å². The van der Waals surface area contributed by atoms with Crippen molar-refractivity contribution in [1.29, 1.82) is 0 Å². The molecule has 0 heterocycles. The smallest absolute Gasteiger partial charge is 0.306 e. The molecule has 6 nitrogen and oxygen atoms in total. The van der Waals surface area contributed by atoms with Crippen molar-refractivity contribution in [3.8, 4) is 0 Å². The van der Waals surface area contributed by atoms with Crippen LogP contribution in [0.2, 0.25) is 0 Å². The molecule has 0 rings (SSSR count). The largest absolute Gasteiger partial charge is 0.462 e. The number of ether oxygens (including phenoxy) is 3. The molecule has 0 aliphatic rings. The normalized spacial score (nSPS) is 12.7. The molecule has 0 aromatic heterocycles. The maximum atomic E-state index is 12.9. The predicted molar refractivity (Wildman–Crippen MR) is 357 cm³/mol. The lowest BCUT2D eigenvalue weighted by molar-refractivity contribution is -0.167. The van der Waals surface area contributed by atoms with Crippen LogP contribution >= 0.6 is 0 Å². The number of hydrogen-bond donors (Lipinski definition) is 0. The summed E-state index contributed by atoms with van der Waals surface area (Å²) in [5.41, 5.74) is 0. The van der Waals surface area contributed by atoms with Crippen molar-refractivity contribution in [3.63, 3.8) is 0 Å². The average Bonchev–Trinajstić information content (AvgIpc) is 3.48. The molecule has 0 aromatic carbocycles. The number of unbranched alkanes of at least 4 members (excludes halogenated alkanes) is 37. The lowest BCUT2D eigenvalue weighted by atomic mass is 10.0. The molecule has 0 saturated heterocycles. The molecule has 0 N–H and O–H groups in total. The highest BCUT2D eigenvalue weighted by Crippen LogP contribution is 2.18. The van der Waals surface area contributed by atoms with E-state index >= 15 is 0 Å². The lowest BCUT2D eigenvalue weighted by Gasteiger charge is -2.18. The Morgan fingerprint density at radius 2 is 0.488 bits per heavy atom. The highest BCUT2D eigenvalue weighted by Gasteiger charge is 2.19. The van der Waals surface area contributed by atoms with E-state index in [4.69, 9.17) is 14.2 Å². The average molecular weight is 1140 g/mol. The maximum absolute atomic E-state index is 12.9. The van der Waals surface area contributed by atoms with Gasteiger partial charge in [0.1, 0.15) is 13.2 Å². The quantitative estimate of drug-likeness (QED) is 0.0261. The van der Waals surface area contributed by atoms with E-state index in [1.807, 2.05) is 0 Å². The van der Waals surface area contributed by atoms with Crippen LogP contribution in [0.1, 0.15) is 348 Å². The van der Waals surface area contributed by atoms with E-state index in [9.17, 15) is 14.4 Å². The van der Waals surface area contributed by atoms with Crippen LogP contribution in [-0.4, -0.2) is 37.2 Å². The molecule has 0 aliphatic carbocycles. The van der Waals surface area contributed by atoms with E-state index in [1.54, 1.807) is 0 Å². The van der Waals surface area contributed by atoms with Crippen LogP contribution in [0.3, 0.4) is 0 Å². The number of rotatable bonds is 64. The Hall–Kier alpha value is -3.67. The van der Waals surface area contributed by atoms with Crippen molar-refractivity contribution in [2.75, 3.05) is 13.2 Å². The highest BCUT2D eigenvalue weighted by molar-refractivity contribution is 5.71. The first kappa shape index (κ1) is 78.3. The third-order valence-corrected chi connectivity index (χ3v) is 15.3. The summed E-state index contributed by atoms with van der Waals surface area (Å²) in [5, 5.41) is 0. The predicted octanol–water partition coefficient (Wildman–Crippen LogP) is 24.4. The van der Waals surface area contributed by atoms with Crippen LogP contribution < -0.4 is 0 Å². The minimum Gasteiger partial charge on any atom is -0.462 e. The van der Waals surface area contributed by atoms with Gasteiger partial charge in [-0.3, -0.25) is 14.4 Å². The SMILES string of the molecule is CC/C=C\C/C=C\C/C=C\C/C=C\C/C=C\C/C=C\C/C=C\CCCCCCCC(=O)OCC(COC(=O)CCCCCCC/C=C\CCCC)OC(=O)CCCCCCCCCCCCCCCCCCCCCCCCCCCC. The van der Waals surface area contributed by atoms with E-state index < -0.39 is 6.10 Å². The zero-order valence-corrected chi connectivity index (χ0v) is 54.2. The topological polar surface area (TPSA) is 78.9 Å². The van der Waals surface area contributed by atoms with E-state index in [0.29, 0.717) is 19.3 Å². The van der Waals surface area contributed by atoms with Crippen LogP contribution in [-0.2, 0) is 28.6 Å². The number of carbonyl (C=O) groups excluding carboxylic acids is 3. The van der Waals surface area contributed by atoms with Gasteiger partial charge in [0.2, 0.25) is 0 Å². The van der Waals surface area contributed by atoms with Gasteiger partial charge < -0.3 is 14.2 Å². The summed E-state index contributed by atoms with van der Waals surface area (Å²) in [7, 11) is 0. The van der Waals surface area contributed by atoms with Crippen LogP contribution in [0, 0.1) is 0 Å². The van der Waals surface area contributed by atoms with Gasteiger partial charge in [-0.2, -0.15) is 0 Å². The van der Waals surface area contributed by atoms with E-state index in [-0.39, 0.29) is 31.1 Å². The van der Waals surface area contributed by atoms with Crippen LogP contribution in [0.25, 0.3) is 0 Å². The fourth-order valence-corrected chi connectivity index (χ4v) is 10.1. The molecule has 0 radical (unpaired) electrons. The molecule has 0 aromatic rings. The third-order valence-electron chi connectivity index (χ3n) is 15.3. The van der Waals surface area contributed by atoms with Crippen molar-refractivity contribution in [2.45, 2.75) is 354 Å². The van der Waals surface area contributed by atoms with E-state index in [0.717, 1.165) is 128 Å². The van der Waals surface area contributed by atoms with E-state index in [1.165, 1.54) is 180 Å². The van der Waals surface area contributed by atoms with Gasteiger partial charge in [-0.25, -0.2) is 0 Å². The van der Waals surface area contributed by atoms with Gasteiger partial charge in [0.15, 0.2) is 6.10 Å². The van der Waals surface area contributed by atoms with Gasteiger partial charge in [0.05, 0.1) is 0 Å². The van der Waals surface area contributed by atoms with Gasteiger partial charge >= 0.3 is 17.9 Å². The first-order chi connectivity index (χ1) is 40.5. The summed E-state index contributed by atoms with van der Waals surface area (Å²) in [4.78, 5) is 38.4. The second-order valence-electron chi connectivity index (χ2n) is 23.4.